The Morgan fingerprint density at radius 3 is 2.81 bits per heavy atom. The minimum Gasteiger partial charge on any atom is -0.326 e. The van der Waals surface area contributed by atoms with Gasteiger partial charge in [0.1, 0.15) is 5.54 Å². The largest absolute Gasteiger partial charge is 0.326 e. The zero-order chi connectivity index (χ0) is 15.0. The Bertz CT molecular complexity index is 641. The molecular formula is C15H17N3O3. The van der Waals surface area contributed by atoms with E-state index in [1.807, 2.05) is 18.2 Å². The lowest BCUT2D eigenvalue weighted by molar-refractivity contribution is -0.124. The van der Waals surface area contributed by atoms with Crippen LogP contribution in [0.2, 0.25) is 0 Å². The highest BCUT2D eigenvalue weighted by molar-refractivity contribution is 6.07. The van der Waals surface area contributed by atoms with Crippen molar-refractivity contribution in [2.45, 2.75) is 38.1 Å². The maximum absolute atomic E-state index is 12.0. The molecule has 1 heterocycles. The topological polar surface area (TPSA) is 87.3 Å². The first-order valence-electron chi connectivity index (χ1n) is 7.08. The molecule has 3 rings (SSSR count). The molecule has 1 aliphatic carbocycles. The lowest BCUT2D eigenvalue weighted by atomic mass is 9.78. The van der Waals surface area contributed by atoms with Gasteiger partial charge in [-0.05, 0) is 36.1 Å². The fourth-order valence-electron chi connectivity index (χ4n) is 2.95. The van der Waals surface area contributed by atoms with Crippen LogP contribution in [0.25, 0.3) is 0 Å². The van der Waals surface area contributed by atoms with E-state index in [0.717, 1.165) is 16.8 Å². The van der Waals surface area contributed by atoms with Crippen LogP contribution in [-0.4, -0.2) is 23.4 Å². The third kappa shape index (κ3) is 2.37. The summed E-state index contributed by atoms with van der Waals surface area (Å²) >= 11 is 0. The normalized spacial score (nSPS) is 23.5. The summed E-state index contributed by atoms with van der Waals surface area (Å²) in [5.41, 5.74) is 2.12. The van der Waals surface area contributed by atoms with Crippen LogP contribution in [0.5, 0.6) is 0 Å². The summed E-state index contributed by atoms with van der Waals surface area (Å²) in [6.45, 7) is 1.80. The summed E-state index contributed by atoms with van der Waals surface area (Å²) in [5, 5.41) is 7.88. The number of carbonyl (C=O) groups is 3. The lowest BCUT2D eigenvalue weighted by Gasteiger charge is -2.32. The van der Waals surface area contributed by atoms with Gasteiger partial charge in [-0.15, -0.1) is 0 Å². The monoisotopic (exact) mass is 287 g/mol. The van der Waals surface area contributed by atoms with Crippen molar-refractivity contribution in [3.8, 4) is 0 Å². The Labute approximate surface area is 122 Å². The van der Waals surface area contributed by atoms with Crippen molar-refractivity contribution < 1.29 is 14.4 Å². The molecule has 1 saturated heterocycles. The van der Waals surface area contributed by atoms with Gasteiger partial charge in [0.05, 0.1) is 0 Å². The van der Waals surface area contributed by atoms with Crippen LogP contribution < -0.4 is 16.0 Å². The predicted molar refractivity (Wildman–Crippen MR) is 76.8 cm³/mol. The van der Waals surface area contributed by atoms with Crippen LogP contribution in [-0.2, 0) is 22.4 Å². The van der Waals surface area contributed by atoms with Gasteiger partial charge in [-0.3, -0.25) is 14.9 Å². The zero-order valence-electron chi connectivity index (χ0n) is 11.8. The second-order valence-corrected chi connectivity index (χ2v) is 5.55. The Kier molecular flexibility index (Phi) is 3.16. The quantitative estimate of drug-likeness (QED) is 0.712. The number of imide groups is 1. The predicted octanol–water partition coefficient (Wildman–Crippen LogP) is 1.10. The minimum atomic E-state index is -0.807. The van der Waals surface area contributed by atoms with Crippen LogP contribution in [0.4, 0.5) is 10.5 Å². The molecule has 1 aromatic rings. The second-order valence-electron chi connectivity index (χ2n) is 5.55. The Balaban J connectivity index is 1.83. The van der Waals surface area contributed by atoms with Gasteiger partial charge in [0.15, 0.2) is 0 Å². The molecule has 4 amide bonds. The highest BCUT2D eigenvalue weighted by Crippen LogP contribution is 2.32. The highest BCUT2D eigenvalue weighted by Gasteiger charge is 2.47. The third-order valence-electron chi connectivity index (χ3n) is 4.14. The number of nitrogens with one attached hydrogen (secondary N) is 3. The average molecular weight is 287 g/mol. The van der Waals surface area contributed by atoms with Crippen molar-refractivity contribution in [2.24, 2.45) is 0 Å². The molecule has 21 heavy (non-hydrogen) atoms. The third-order valence-corrected chi connectivity index (χ3v) is 4.14. The fraction of sp³-hybridized carbons (Fsp3) is 0.400. The van der Waals surface area contributed by atoms with E-state index in [4.69, 9.17) is 0 Å². The van der Waals surface area contributed by atoms with E-state index in [-0.39, 0.29) is 11.8 Å². The van der Waals surface area contributed by atoms with E-state index >= 15 is 0 Å². The first-order chi connectivity index (χ1) is 10.0. The summed E-state index contributed by atoms with van der Waals surface area (Å²) in [7, 11) is 0. The van der Waals surface area contributed by atoms with Gasteiger partial charge in [0, 0.05) is 18.5 Å². The van der Waals surface area contributed by atoms with Crippen LogP contribution >= 0.6 is 0 Å². The van der Waals surface area contributed by atoms with Gasteiger partial charge < -0.3 is 10.6 Å². The van der Waals surface area contributed by atoms with Crippen LogP contribution in [0.3, 0.4) is 0 Å². The molecule has 6 heteroatoms. The Hall–Kier alpha value is -2.37. The van der Waals surface area contributed by atoms with Crippen molar-refractivity contribution >= 4 is 23.5 Å². The van der Waals surface area contributed by atoms with Gasteiger partial charge in [-0.1, -0.05) is 13.0 Å². The average Bonchev–Trinajstić information content (AvgIpc) is 2.73. The molecule has 1 aliphatic heterocycles. The SMILES string of the molecule is CCC(=O)Nc1ccc2c(c1)CCC1(C2)NC(=O)NC1=O. The molecule has 1 unspecified atom stereocenters. The summed E-state index contributed by atoms with van der Waals surface area (Å²) in [4.78, 5) is 34.7. The molecule has 1 aromatic carbocycles. The molecule has 3 N–H and O–H groups in total. The molecule has 0 saturated carbocycles. The van der Waals surface area contributed by atoms with Crippen molar-refractivity contribution in [1.29, 1.82) is 0 Å². The number of carbonyl (C=O) groups excluding carboxylic acids is 3. The van der Waals surface area contributed by atoms with E-state index in [1.54, 1.807) is 6.92 Å². The summed E-state index contributed by atoms with van der Waals surface area (Å²) in [6.07, 6.45) is 2.19. The zero-order valence-corrected chi connectivity index (χ0v) is 11.8. The van der Waals surface area contributed by atoms with E-state index in [2.05, 4.69) is 16.0 Å². The van der Waals surface area contributed by atoms with E-state index in [0.29, 0.717) is 25.7 Å². The van der Waals surface area contributed by atoms with Crippen molar-refractivity contribution in [3.63, 3.8) is 0 Å². The van der Waals surface area contributed by atoms with Crippen molar-refractivity contribution in [1.82, 2.24) is 10.6 Å². The fourth-order valence-corrected chi connectivity index (χ4v) is 2.95. The number of hydrogen-bond acceptors (Lipinski definition) is 3. The van der Waals surface area contributed by atoms with Gasteiger partial charge in [-0.25, -0.2) is 4.79 Å². The molecule has 6 nitrogen and oxygen atoms in total. The van der Waals surface area contributed by atoms with Crippen molar-refractivity contribution in [2.75, 3.05) is 5.32 Å². The summed E-state index contributed by atoms with van der Waals surface area (Å²) in [5.74, 6) is -0.272. The molecule has 1 spiro atoms. The van der Waals surface area contributed by atoms with Crippen LogP contribution in [0.15, 0.2) is 18.2 Å². The molecule has 2 aliphatic rings. The van der Waals surface area contributed by atoms with Gasteiger partial charge in [0.2, 0.25) is 5.91 Å². The Morgan fingerprint density at radius 1 is 1.33 bits per heavy atom. The van der Waals surface area contributed by atoms with E-state index in [1.165, 1.54) is 0 Å². The molecule has 0 bridgehead atoms. The molecular weight excluding hydrogens is 270 g/mol. The summed E-state index contributed by atoms with van der Waals surface area (Å²) in [6, 6.07) is 5.28. The smallest absolute Gasteiger partial charge is 0.322 e. The van der Waals surface area contributed by atoms with Crippen molar-refractivity contribution in [3.05, 3.63) is 29.3 Å². The number of amides is 4. The number of benzene rings is 1. The second kappa shape index (κ2) is 4.87. The first-order valence-corrected chi connectivity index (χ1v) is 7.08. The standard InChI is InChI=1S/C15H17N3O3/c1-2-12(19)16-11-4-3-10-8-15(6-5-9(10)7-11)13(20)17-14(21)18-15/h3-4,7H,2,5-6,8H2,1H3,(H,16,19)(H2,17,18,20,21). The minimum absolute atomic E-state index is 0.0235. The van der Waals surface area contributed by atoms with E-state index < -0.39 is 11.6 Å². The molecule has 0 radical (unpaired) electrons. The number of hydrogen-bond donors (Lipinski definition) is 3. The maximum atomic E-state index is 12.0. The number of aryl methyl sites for hydroxylation is 1. The molecule has 1 fully saturated rings. The number of anilines is 1. The first kappa shape index (κ1) is 13.6. The maximum Gasteiger partial charge on any atom is 0.322 e. The van der Waals surface area contributed by atoms with E-state index in [9.17, 15) is 14.4 Å². The van der Waals surface area contributed by atoms with Gasteiger partial charge in [0.25, 0.3) is 5.91 Å². The molecule has 110 valence electrons. The van der Waals surface area contributed by atoms with Crippen LogP contribution in [0, 0.1) is 0 Å². The van der Waals surface area contributed by atoms with Gasteiger partial charge in [-0.2, -0.15) is 0 Å². The molecule has 0 aromatic heterocycles. The molecule has 1 atom stereocenters. The number of urea groups is 1. The van der Waals surface area contributed by atoms with Crippen LogP contribution in [0.1, 0.15) is 30.9 Å². The highest BCUT2D eigenvalue weighted by atomic mass is 16.2. The van der Waals surface area contributed by atoms with Gasteiger partial charge >= 0.3 is 6.03 Å². The lowest BCUT2D eigenvalue weighted by Crippen LogP contribution is -2.51. The number of fused-ring (bicyclic) bond motifs is 1. The number of rotatable bonds is 2. The Morgan fingerprint density at radius 2 is 2.14 bits per heavy atom. The summed E-state index contributed by atoms with van der Waals surface area (Å²) < 4.78 is 0.